The lowest BCUT2D eigenvalue weighted by Gasteiger charge is -2.18. The number of carbonyl (C=O) groups excluding carboxylic acids is 1. The van der Waals surface area contributed by atoms with E-state index in [0.29, 0.717) is 21.9 Å². The molecule has 1 aliphatic heterocycles. The van der Waals surface area contributed by atoms with Crippen molar-refractivity contribution in [2.24, 2.45) is 11.8 Å². The minimum absolute atomic E-state index is 0.0462. The fourth-order valence-corrected chi connectivity index (χ4v) is 4.58. The van der Waals surface area contributed by atoms with Crippen molar-refractivity contribution in [3.63, 3.8) is 0 Å². The van der Waals surface area contributed by atoms with Gasteiger partial charge in [-0.2, -0.15) is 0 Å². The maximum absolute atomic E-state index is 12.6. The minimum Gasteiger partial charge on any atom is -0.338 e. The average Bonchev–Trinajstić information content (AvgIpc) is 2.97. The van der Waals surface area contributed by atoms with Crippen molar-refractivity contribution in [3.05, 3.63) is 28.2 Å². The summed E-state index contributed by atoms with van der Waals surface area (Å²) in [5.74, 6) is 1.08. The van der Waals surface area contributed by atoms with Crippen molar-refractivity contribution in [2.75, 3.05) is 13.1 Å². The highest BCUT2D eigenvalue weighted by atomic mass is 79.9. The molecule has 1 saturated carbocycles. The van der Waals surface area contributed by atoms with Gasteiger partial charge >= 0.3 is 0 Å². The Morgan fingerprint density at radius 3 is 2.43 bits per heavy atom. The number of hydrogen-bond acceptors (Lipinski definition) is 3. The zero-order chi connectivity index (χ0) is 15.2. The number of likely N-dealkylation sites (tertiary alicyclic amines) is 1. The van der Waals surface area contributed by atoms with Crippen LogP contribution in [-0.2, 0) is 9.05 Å². The number of carbonyl (C=O) groups is 1. The zero-order valence-corrected chi connectivity index (χ0v) is 14.4. The Bertz CT molecular complexity index is 679. The van der Waals surface area contributed by atoms with Crippen molar-refractivity contribution in [2.45, 2.75) is 24.2 Å². The molecule has 0 radical (unpaired) electrons. The molecule has 21 heavy (non-hydrogen) atoms. The molecule has 2 unspecified atom stereocenters. The molecule has 114 valence electrons. The van der Waals surface area contributed by atoms with E-state index < -0.39 is 9.05 Å². The molecular formula is C14H15BrClNO3S. The van der Waals surface area contributed by atoms with Crippen LogP contribution in [0.1, 0.15) is 29.6 Å². The highest BCUT2D eigenvalue weighted by Crippen LogP contribution is 2.38. The van der Waals surface area contributed by atoms with E-state index >= 15 is 0 Å². The normalized spacial score (nSPS) is 25.1. The van der Waals surface area contributed by atoms with Gasteiger partial charge in [0, 0.05) is 28.2 Å². The quantitative estimate of drug-likeness (QED) is 0.726. The molecule has 2 atom stereocenters. The van der Waals surface area contributed by atoms with E-state index in [4.69, 9.17) is 10.7 Å². The van der Waals surface area contributed by atoms with Gasteiger partial charge in [-0.3, -0.25) is 4.79 Å². The second-order valence-corrected chi connectivity index (χ2v) is 9.16. The summed E-state index contributed by atoms with van der Waals surface area (Å²) in [6.45, 7) is 1.54. The third-order valence-corrected chi connectivity index (χ3v) is 6.51. The molecular weight excluding hydrogens is 378 g/mol. The first kappa shape index (κ1) is 15.3. The van der Waals surface area contributed by atoms with Crippen molar-refractivity contribution in [1.82, 2.24) is 4.90 Å². The number of amides is 1. The van der Waals surface area contributed by atoms with Crippen LogP contribution >= 0.6 is 26.6 Å². The average molecular weight is 393 g/mol. The molecule has 1 heterocycles. The van der Waals surface area contributed by atoms with Crippen LogP contribution in [0.4, 0.5) is 0 Å². The van der Waals surface area contributed by atoms with Gasteiger partial charge in [-0.05, 0) is 58.8 Å². The predicted molar refractivity (Wildman–Crippen MR) is 83.9 cm³/mol. The van der Waals surface area contributed by atoms with Gasteiger partial charge in [0.25, 0.3) is 15.0 Å². The molecule has 2 aliphatic rings. The molecule has 1 aromatic carbocycles. The number of fused-ring (bicyclic) bond motifs is 1. The molecule has 1 aromatic rings. The molecule has 7 heteroatoms. The van der Waals surface area contributed by atoms with Crippen LogP contribution in [0.25, 0.3) is 0 Å². The van der Waals surface area contributed by atoms with E-state index in [1.807, 2.05) is 4.90 Å². The van der Waals surface area contributed by atoms with Gasteiger partial charge < -0.3 is 4.90 Å². The Balaban J connectivity index is 1.88. The summed E-state index contributed by atoms with van der Waals surface area (Å²) < 4.78 is 23.4. The predicted octanol–water partition coefficient (Wildman–Crippen LogP) is 3.25. The van der Waals surface area contributed by atoms with E-state index in [-0.39, 0.29) is 10.8 Å². The third kappa shape index (κ3) is 2.98. The van der Waals surface area contributed by atoms with Crippen LogP contribution in [0, 0.1) is 11.8 Å². The van der Waals surface area contributed by atoms with Gasteiger partial charge in [0.2, 0.25) is 0 Å². The van der Waals surface area contributed by atoms with E-state index in [0.717, 1.165) is 13.1 Å². The molecule has 1 saturated heterocycles. The standard InChI is InChI=1S/C14H15BrClNO3S/c15-13-5-4-11(21(16,19)20)6-12(13)14(18)17-7-9-2-1-3-10(9)8-17/h4-6,9-10H,1-3,7-8H2. The number of rotatable bonds is 2. The minimum atomic E-state index is -3.83. The van der Waals surface area contributed by atoms with E-state index in [1.54, 1.807) is 6.07 Å². The van der Waals surface area contributed by atoms with Crippen molar-refractivity contribution in [3.8, 4) is 0 Å². The maximum Gasteiger partial charge on any atom is 0.261 e. The summed E-state index contributed by atoms with van der Waals surface area (Å²) in [4.78, 5) is 14.4. The largest absolute Gasteiger partial charge is 0.338 e. The highest BCUT2D eigenvalue weighted by Gasteiger charge is 2.38. The number of halogens is 2. The Kier molecular flexibility index (Phi) is 4.05. The summed E-state index contributed by atoms with van der Waals surface area (Å²) in [6, 6.07) is 4.30. The molecule has 3 rings (SSSR count). The Morgan fingerprint density at radius 1 is 1.24 bits per heavy atom. The fourth-order valence-electron chi connectivity index (χ4n) is 3.39. The van der Waals surface area contributed by atoms with Gasteiger partial charge in [-0.15, -0.1) is 0 Å². The summed E-state index contributed by atoms with van der Waals surface area (Å²) in [7, 11) is 1.52. The van der Waals surface area contributed by atoms with Gasteiger partial charge in [0.15, 0.2) is 0 Å². The van der Waals surface area contributed by atoms with Gasteiger partial charge in [-0.1, -0.05) is 6.42 Å². The fraction of sp³-hybridized carbons (Fsp3) is 0.500. The molecule has 0 N–H and O–H groups in total. The first-order valence-electron chi connectivity index (χ1n) is 6.90. The SMILES string of the molecule is O=C(c1cc(S(=O)(=O)Cl)ccc1Br)N1CC2CCCC2C1. The highest BCUT2D eigenvalue weighted by molar-refractivity contribution is 9.10. The van der Waals surface area contributed by atoms with E-state index in [2.05, 4.69) is 15.9 Å². The monoisotopic (exact) mass is 391 g/mol. The molecule has 0 aromatic heterocycles. The van der Waals surface area contributed by atoms with Crippen molar-refractivity contribution in [1.29, 1.82) is 0 Å². The molecule has 4 nitrogen and oxygen atoms in total. The Morgan fingerprint density at radius 2 is 1.86 bits per heavy atom. The third-order valence-electron chi connectivity index (χ3n) is 4.46. The van der Waals surface area contributed by atoms with Gasteiger partial charge in [-0.25, -0.2) is 8.42 Å². The molecule has 2 fully saturated rings. The molecule has 0 spiro atoms. The van der Waals surface area contributed by atoms with Crippen LogP contribution in [0.2, 0.25) is 0 Å². The lowest BCUT2D eigenvalue weighted by molar-refractivity contribution is 0.0779. The summed E-state index contributed by atoms with van der Waals surface area (Å²) >= 11 is 3.32. The summed E-state index contributed by atoms with van der Waals surface area (Å²) in [6.07, 6.45) is 3.62. The molecule has 0 bridgehead atoms. The van der Waals surface area contributed by atoms with Gasteiger partial charge in [0.1, 0.15) is 0 Å². The number of hydrogen-bond donors (Lipinski definition) is 0. The lowest BCUT2D eigenvalue weighted by atomic mass is 10.0. The van der Waals surface area contributed by atoms with Crippen molar-refractivity contribution < 1.29 is 13.2 Å². The topological polar surface area (TPSA) is 54.5 Å². The van der Waals surface area contributed by atoms with Crippen LogP contribution in [0.5, 0.6) is 0 Å². The molecule has 1 aliphatic carbocycles. The first-order chi connectivity index (χ1) is 9.86. The summed E-state index contributed by atoms with van der Waals surface area (Å²) in [5.41, 5.74) is 0.358. The number of nitrogens with zero attached hydrogens (tertiary/aromatic N) is 1. The van der Waals surface area contributed by atoms with Crippen LogP contribution in [0.3, 0.4) is 0 Å². The Labute approximate surface area is 137 Å². The number of benzene rings is 1. The second-order valence-electron chi connectivity index (χ2n) is 5.74. The summed E-state index contributed by atoms with van der Waals surface area (Å²) in [5, 5.41) is 0. The van der Waals surface area contributed by atoms with Crippen LogP contribution in [0.15, 0.2) is 27.6 Å². The van der Waals surface area contributed by atoms with E-state index in [1.165, 1.54) is 31.4 Å². The van der Waals surface area contributed by atoms with Crippen molar-refractivity contribution >= 4 is 41.6 Å². The molecule has 1 amide bonds. The second kappa shape index (κ2) is 5.56. The Hall–Kier alpha value is -0.590. The lowest BCUT2D eigenvalue weighted by Crippen LogP contribution is -2.29. The van der Waals surface area contributed by atoms with E-state index in [9.17, 15) is 13.2 Å². The zero-order valence-electron chi connectivity index (χ0n) is 11.3. The smallest absolute Gasteiger partial charge is 0.261 e. The van der Waals surface area contributed by atoms with Crippen LogP contribution in [-0.4, -0.2) is 32.3 Å². The van der Waals surface area contributed by atoms with Crippen LogP contribution < -0.4 is 0 Å². The first-order valence-corrected chi connectivity index (χ1v) is 10.00. The van der Waals surface area contributed by atoms with Gasteiger partial charge in [0.05, 0.1) is 10.5 Å². The maximum atomic E-state index is 12.6.